The predicted molar refractivity (Wildman–Crippen MR) is 113 cm³/mol. The molecule has 0 radical (unpaired) electrons. The molecule has 5 heteroatoms. The average molecular weight is 368 g/mol. The van der Waals surface area contributed by atoms with Crippen molar-refractivity contribution in [3.8, 4) is 0 Å². The van der Waals surface area contributed by atoms with Crippen LogP contribution < -0.4 is 10.6 Å². The molecule has 0 unspecified atom stereocenters. The molecule has 0 atom stereocenters. The zero-order valence-electron chi connectivity index (χ0n) is 15.7. The monoisotopic (exact) mass is 368 g/mol. The van der Waals surface area contributed by atoms with Crippen LogP contribution in [-0.2, 0) is 0 Å². The lowest BCUT2D eigenvalue weighted by molar-refractivity contribution is 0.102. The molecule has 0 aliphatic heterocycles. The summed E-state index contributed by atoms with van der Waals surface area (Å²) in [5, 5.41) is 7.27. The van der Waals surface area contributed by atoms with Gasteiger partial charge < -0.3 is 10.6 Å². The van der Waals surface area contributed by atoms with Crippen LogP contribution >= 0.6 is 0 Å². The normalized spacial score (nSPS) is 10.6. The lowest BCUT2D eigenvalue weighted by atomic mass is 10.1. The summed E-state index contributed by atoms with van der Waals surface area (Å²) >= 11 is 0. The van der Waals surface area contributed by atoms with Crippen molar-refractivity contribution in [2.45, 2.75) is 13.8 Å². The third kappa shape index (κ3) is 3.69. The van der Waals surface area contributed by atoms with Crippen molar-refractivity contribution in [2.24, 2.45) is 0 Å². The van der Waals surface area contributed by atoms with Gasteiger partial charge in [0.05, 0.1) is 23.1 Å². The third-order valence-corrected chi connectivity index (χ3v) is 4.67. The Bertz CT molecular complexity index is 1150. The molecule has 0 saturated carbocycles. The first kappa shape index (κ1) is 17.7. The number of rotatable bonds is 4. The summed E-state index contributed by atoms with van der Waals surface area (Å²) in [6, 6.07) is 19.3. The third-order valence-electron chi connectivity index (χ3n) is 4.67. The maximum absolute atomic E-state index is 12.5. The molecule has 0 saturated heterocycles. The molecule has 0 aliphatic rings. The number of aromatic nitrogens is 2. The number of carbonyl (C=O) groups excluding carboxylic acids is 1. The molecule has 2 aromatic heterocycles. The van der Waals surface area contributed by atoms with Crippen LogP contribution in [0.25, 0.3) is 10.9 Å². The van der Waals surface area contributed by atoms with Gasteiger partial charge in [0.25, 0.3) is 5.91 Å². The topological polar surface area (TPSA) is 66.9 Å². The molecule has 0 fully saturated rings. The fourth-order valence-electron chi connectivity index (χ4n) is 2.98. The number of benzene rings is 2. The van der Waals surface area contributed by atoms with Crippen LogP contribution in [0, 0.1) is 13.8 Å². The van der Waals surface area contributed by atoms with Crippen LogP contribution in [0.1, 0.15) is 21.6 Å². The van der Waals surface area contributed by atoms with Gasteiger partial charge in [-0.3, -0.25) is 9.78 Å². The highest BCUT2D eigenvalue weighted by molar-refractivity contribution is 6.03. The molecular weight excluding hydrogens is 348 g/mol. The van der Waals surface area contributed by atoms with Crippen molar-refractivity contribution in [2.75, 3.05) is 10.6 Å². The Kier molecular flexibility index (Phi) is 4.72. The van der Waals surface area contributed by atoms with E-state index in [0.29, 0.717) is 5.69 Å². The maximum atomic E-state index is 12.5. The standard InChI is InChI=1S/C23H20N4O/c1-15-8-9-18(13-16(15)2)27-23(28)21-11-10-19(14-25-21)26-20-7-3-5-17-6-4-12-24-22(17)20/h3-14,26H,1-2H3,(H,27,28). The van der Waals surface area contributed by atoms with Gasteiger partial charge in [-0.05, 0) is 61.4 Å². The molecule has 2 N–H and O–H groups in total. The number of fused-ring (bicyclic) bond motifs is 1. The van der Waals surface area contributed by atoms with E-state index in [2.05, 4.69) is 20.6 Å². The molecule has 2 aromatic carbocycles. The first-order chi connectivity index (χ1) is 13.6. The molecule has 4 rings (SSSR count). The average Bonchev–Trinajstić information content (AvgIpc) is 2.71. The fraction of sp³-hybridized carbons (Fsp3) is 0.0870. The van der Waals surface area contributed by atoms with E-state index in [4.69, 9.17) is 0 Å². The second-order valence-electron chi connectivity index (χ2n) is 6.69. The second-order valence-corrected chi connectivity index (χ2v) is 6.69. The van der Waals surface area contributed by atoms with E-state index in [0.717, 1.165) is 33.5 Å². The molecular formula is C23H20N4O. The predicted octanol–water partition coefficient (Wildman–Crippen LogP) is 5.24. The summed E-state index contributed by atoms with van der Waals surface area (Å²) in [7, 11) is 0. The zero-order valence-corrected chi connectivity index (χ0v) is 15.7. The minimum atomic E-state index is -0.235. The smallest absolute Gasteiger partial charge is 0.274 e. The van der Waals surface area contributed by atoms with E-state index < -0.39 is 0 Å². The summed E-state index contributed by atoms with van der Waals surface area (Å²) in [5.74, 6) is -0.235. The summed E-state index contributed by atoms with van der Waals surface area (Å²) in [6.07, 6.45) is 3.42. The number of nitrogens with one attached hydrogen (secondary N) is 2. The minimum Gasteiger partial charge on any atom is -0.352 e. The molecule has 4 aromatic rings. The lowest BCUT2D eigenvalue weighted by Gasteiger charge is -2.10. The highest BCUT2D eigenvalue weighted by Crippen LogP contribution is 2.24. The Morgan fingerprint density at radius 1 is 0.857 bits per heavy atom. The minimum absolute atomic E-state index is 0.235. The molecule has 0 bridgehead atoms. The Labute approximate surface area is 163 Å². The van der Waals surface area contributed by atoms with Crippen molar-refractivity contribution < 1.29 is 4.79 Å². The largest absolute Gasteiger partial charge is 0.352 e. The number of nitrogens with zero attached hydrogens (tertiary/aromatic N) is 2. The van der Waals surface area contributed by atoms with Gasteiger partial charge in [0, 0.05) is 17.3 Å². The second kappa shape index (κ2) is 7.48. The highest BCUT2D eigenvalue weighted by Gasteiger charge is 2.09. The van der Waals surface area contributed by atoms with E-state index in [9.17, 15) is 4.79 Å². The first-order valence-corrected chi connectivity index (χ1v) is 9.05. The van der Waals surface area contributed by atoms with Crippen molar-refractivity contribution in [1.82, 2.24) is 9.97 Å². The van der Waals surface area contributed by atoms with Crippen molar-refractivity contribution in [3.63, 3.8) is 0 Å². The van der Waals surface area contributed by atoms with Crippen molar-refractivity contribution >= 4 is 33.9 Å². The summed E-state index contributed by atoms with van der Waals surface area (Å²) in [5.41, 5.74) is 6.02. The summed E-state index contributed by atoms with van der Waals surface area (Å²) in [6.45, 7) is 4.06. The first-order valence-electron chi connectivity index (χ1n) is 9.05. The Hall–Kier alpha value is -3.73. The van der Waals surface area contributed by atoms with Crippen LogP contribution in [-0.4, -0.2) is 15.9 Å². The van der Waals surface area contributed by atoms with E-state index in [1.165, 1.54) is 5.56 Å². The molecule has 0 spiro atoms. The van der Waals surface area contributed by atoms with Gasteiger partial charge in [-0.1, -0.05) is 24.3 Å². The zero-order chi connectivity index (χ0) is 19.5. The molecule has 5 nitrogen and oxygen atoms in total. The molecule has 1 amide bonds. The van der Waals surface area contributed by atoms with Gasteiger partial charge in [-0.25, -0.2) is 4.98 Å². The van der Waals surface area contributed by atoms with Gasteiger partial charge in [0.15, 0.2) is 0 Å². The number of hydrogen-bond acceptors (Lipinski definition) is 4. The van der Waals surface area contributed by atoms with Gasteiger partial charge >= 0.3 is 0 Å². The van der Waals surface area contributed by atoms with Crippen molar-refractivity contribution in [1.29, 1.82) is 0 Å². The van der Waals surface area contributed by atoms with Gasteiger partial charge in [0.2, 0.25) is 0 Å². The van der Waals surface area contributed by atoms with Crippen LogP contribution in [0.2, 0.25) is 0 Å². The number of pyridine rings is 2. The Morgan fingerprint density at radius 2 is 1.68 bits per heavy atom. The molecule has 138 valence electrons. The number of amides is 1. The van der Waals surface area contributed by atoms with Gasteiger partial charge in [-0.2, -0.15) is 0 Å². The molecule has 2 heterocycles. The van der Waals surface area contributed by atoms with Crippen molar-refractivity contribution in [3.05, 3.63) is 89.9 Å². The van der Waals surface area contributed by atoms with Crippen LogP contribution in [0.5, 0.6) is 0 Å². The number of hydrogen-bond donors (Lipinski definition) is 2. The van der Waals surface area contributed by atoms with E-state index >= 15 is 0 Å². The summed E-state index contributed by atoms with van der Waals surface area (Å²) in [4.78, 5) is 21.2. The van der Waals surface area contributed by atoms with E-state index in [1.807, 2.05) is 68.4 Å². The quantitative estimate of drug-likeness (QED) is 0.517. The summed E-state index contributed by atoms with van der Waals surface area (Å²) < 4.78 is 0. The number of anilines is 3. The number of carbonyl (C=O) groups is 1. The molecule has 0 aliphatic carbocycles. The maximum Gasteiger partial charge on any atom is 0.274 e. The molecule has 28 heavy (non-hydrogen) atoms. The highest BCUT2D eigenvalue weighted by atomic mass is 16.1. The Balaban J connectivity index is 1.50. The fourth-order valence-corrected chi connectivity index (χ4v) is 2.98. The van der Waals surface area contributed by atoms with E-state index in [1.54, 1.807) is 18.5 Å². The van der Waals surface area contributed by atoms with Gasteiger partial charge in [0.1, 0.15) is 5.69 Å². The van der Waals surface area contributed by atoms with Crippen LogP contribution in [0.4, 0.5) is 17.1 Å². The van der Waals surface area contributed by atoms with Crippen LogP contribution in [0.3, 0.4) is 0 Å². The SMILES string of the molecule is Cc1ccc(NC(=O)c2ccc(Nc3cccc4cccnc34)cn2)cc1C. The van der Waals surface area contributed by atoms with E-state index in [-0.39, 0.29) is 5.91 Å². The number of para-hydroxylation sites is 1. The Morgan fingerprint density at radius 3 is 2.46 bits per heavy atom. The lowest BCUT2D eigenvalue weighted by Crippen LogP contribution is -2.13. The van der Waals surface area contributed by atoms with Gasteiger partial charge in [-0.15, -0.1) is 0 Å². The van der Waals surface area contributed by atoms with Crippen LogP contribution in [0.15, 0.2) is 73.1 Å². The number of aryl methyl sites for hydroxylation is 2.